The number of Topliss-reactive ketones (excluding diaryl/α,β-unsaturated/α-hetero) is 2. The highest BCUT2D eigenvalue weighted by atomic mass is 35.5. The maximum atomic E-state index is 13.5. The first-order chi connectivity index (χ1) is 23.7. The number of halogens is 1. The number of thiazole rings is 1. The van der Waals surface area contributed by atoms with Crippen molar-refractivity contribution in [2.75, 3.05) is 37.7 Å². The van der Waals surface area contributed by atoms with E-state index in [0.717, 1.165) is 43.8 Å². The number of carboxylic acid groups (broad SMARTS) is 2. The van der Waals surface area contributed by atoms with E-state index in [1.165, 1.54) is 41.8 Å². The quantitative estimate of drug-likeness (QED) is 0.0315. The smallest absolute Gasteiger partial charge is 0.352 e. The van der Waals surface area contributed by atoms with Crippen LogP contribution in [0.15, 0.2) is 34.6 Å². The van der Waals surface area contributed by atoms with E-state index in [9.17, 15) is 44.4 Å². The second-order valence-corrected chi connectivity index (χ2v) is 15.3. The summed E-state index contributed by atoms with van der Waals surface area (Å²) in [6.07, 6.45) is 1.74. The average molecular weight is 751 g/mol. The maximum absolute atomic E-state index is 13.5. The molecule has 4 heterocycles. The standard InChI is InChI=1S/C32H36ClN5O10S2/c1-16(30(44)45)48-36-24(25-27(33)50-32(34)35-25)23(42)13-19-28(43)37-26(31(46)47)18(15-49-29(19)37)14-38(10-4-5-11-38)9-3-2-6-20(39)17-7-8-21(40)22(41)12-17/h7-8,12,16,19,29H,2-6,9-11,13-15H2,1H3,(H5-,34,35,36,39,40,41,42,44,45,46,47)/p+1/t16-,19+,29+/m0/s1. The van der Waals surface area contributed by atoms with Gasteiger partial charge < -0.3 is 35.5 Å². The molecule has 1 amide bonds. The van der Waals surface area contributed by atoms with E-state index in [1.807, 2.05) is 0 Å². The van der Waals surface area contributed by atoms with Crippen LogP contribution in [0.1, 0.15) is 61.5 Å². The van der Waals surface area contributed by atoms with Gasteiger partial charge in [-0.15, -0.1) is 11.8 Å². The van der Waals surface area contributed by atoms with Gasteiger partial charge in [0.15, 0.2) is 33.9 Å². The molecule has 3 atom stereocenters. The number of quaternary nitrogens is 1. The van der Waals surface area contributed by atoms with E-state index in [-0.39, 0.29) is 56.7 Å². The third kappa shape index (κ3) is 7.90. The average Bonchev–Trinajstić information content (AvgIpc) is 3.67. The number of hydrogen-bond donors (Lipinski definition) is 5. The number of carbonyl (C=O) groups excluding carboxylic acids is 3. The Bertz CT molecular complexity index is 1770. The molecule has 18 heteroatoms. The largest absolute Gasteiger partial charge is 0.504 e. The minimum absolute atomic E-state index is 0.0266. The lowest BCUT2D eigenvalue weighted by atomic mass is 9.89. The van der Waals surface area contributed by atoms with Crippen molar-refractivity contribution in [3.05, 3.63) is 45.1 Å². The predicted molar refractivity (Wildman–Crippen MR) is 184 cm³/mol. The number of β-lactam (4-membered cyclic amide) rings is 1. The first kappa shape index (κ1) is 37.1. The highest BCUT2D eigenvalue weighted by Crippen LogP contribution is 2.46. The minimum Gasteiger partial charge on any atom is -0.504 e. The number of aliphatic carboxylic acids is 2. The van der Waals surface area contributed by atoms with Gasteiger partial charge >= 0.3 is 11.9 Å². The number of fused-ring (bicyclic) bond motifs is 1. The number of ketones is 2. The Balaban J connectivity index is 1.26. The van der Waals surface area contributed by atoms with Crippen molar-refractivity contribution < 1.29 is 53.7 Å². The number of nitrogen functional groups attached to an aromatic ring is 1. The molecule has 1 aromatic heterocycles. The molecule has 0 unspecified atom stereocenters. The Morgan fingerprint density at radius 1 is 1.16 bits per heavy atom. The summed E-state index contributed by atoms with van der Waals surface area (Å²) < 4.78 is 0.667. The second-order valence-electron chi connectivity index (χ2n) is 12.6. The van der Waals surface area contributed by atoms with Crippen LogP contribution in [0.25, 0.3) is 0 Å². The lowest BCUT2D eigenvalue weighted by Crippen LogP contribution is -2.62. The van der Waals surface area contributed by atoms with Crippen LogP contribution in [0, 0.1) is 5.92 Å². The van der Waals surface area contributed by atoms with Crippen LogP contribution in [0.4, 0.5) is 5.13 Å². The van der Waals surface area contributed by atoms with E-state index >= 15 is 0 Å². The van der Waals surface area contributed by atoms with E-state index in [4.69, 9.17) is 22.2 Å². The molecule has 2 aromatic rings. The Morgan fingerprint density at radius 3 is 2.50 bits per heavy atom. The number of phenolic OH excluding ortho intramolecular Hbond substituents is 2. The van der Waals surface area contributed by atoms with E-state index in [2.05, 4.69) is 10.1 Å². The first-order valence-corrected chi connectivity index (χ1v) is 18.2. The number of aromatic nitrogens is 1. The summed E-state index contributed by atoms with van der Waals surface area (Å²) in [6.45, 7) is 4.05. The third-order valence-corrected chi connectivity index (χ3v) is 11.6. The zero-order valence-corrected chi connectivity index (χ0v) is 29.4. The van der Waals surface area contributed by atoms with E-state index in [1.54, 1.807) is 0 Å². The number of oxime groups is 1. The molecule has 2 saturated heterocycles. The van der Waals surface area contributed by atoms with Gasteiger partial charge in [-0.25, -0.2) is 14.6 Å². The maximum Gasteiger partial charge on any atom is 0.352 e. The number of thioether (sulfide) groups is 1. The van der Waals surface area contributed by atoms with Crippen LogP contribution in [0.2, 0.25) is 4.34 Å². The Labute approximate surface area is 299 Å². The fourth-order valence-corrected chi connectivity index (χ4v) is 8.88. The number of anilines is 1. The molecule has 50 heavy (non-hydrogen) atoms. The van der Waals surface area contributed by atoms with E-state index in [0.29, 0.717) is 40.8 Å². The number of rotatable bonds is 16. The molecule has 0 aliphatic carbocycles. The van der Waals surface area contributed by atoms with Gasteiger partial charge in [0, 0.05) is 42.6 Å². The molecule has 0 bridgehead atoms. The van der Waals surface area contributed by atoms with Crippen molar-refractivity contribution in [3.63, 3.8) is 0 Å². The number of hydrogen-bond acceptors (Lipinski definition) is 13. The van der Waals surface area contributed by atoms with Gasteiger partial charge in [0.05, 0.1) is 30.9 Å². The molecule has 3 aliphatic heterocycles. The van der Waals surface area contributed by atoms with Crippen LogP contribution in [0.5, 0.6) is 11.5 Å². The molecule has 2 fully saturated rings. The van der Waals surface area contributed by atoms with Gasteiger partial charge in [-0.3, -0.25) is 19.3 Å². The minimum atomic E-state index is -1.39. The highest BCUT2D eigenvalue weighted by molar-refractivity contribution is 8.00. The van der Waals surface area contributed by atoms with Gasteiger partial charge in [0.2, 0.25) is 12.0 Å². The summed E-state index contributed by atoms with van der Waals surface area (Å²) >= 11 is 8.47. The molecule has 0 radical (unpaired) electrons. The molecule has 0 spiro atoms. The Morgan fingerprint density at radius 2 is 1.88 bits per heavy atom. The number of carboxylic acids is 2. The Kier molecular flexibility index (Phi) is 11.4. The lowest BCUT2D eigenvalue weighted by molar-refractivity contribution is -0.912. The molecule has 15 nitrogen and oxygen atoms in total. The fourth-order valence-electron chi connectivity index (χ4n) is 6.55. The van der Waals surface area contributed by atoms with Crippen molar-refractivity contribution in [3.8, 4) is 11.5 Å². The van der Waals surface area contributed by atoms with Gasteiger partial charge in [-0.2, -0.15) is 0 Å². The van der Waals surface area contributed by atoms with Crippen molar-refractivity contribution in [2.45, 2.75) is 56.9 Å². The molecule has 268 valence electrons. The van der Waals surface area contributed by atoms with Crippen LogP contribution >= 0.6 is 34.7 Å². The van der Waals surface area contributed by atoms with Crippen molar-refractivity contribution >= 4 is 75.0 Å². The molecular weight excluding hydrogens is 714 g/mol. The van der Waals surface area contributed by atoms with Crippen molar-refractivity contribution in [2.24, 2.45) is 11.1 Å². The number of amides is 1. The van der Waals surface area contributed by atoms with Crippen LogP contribution in [-0.2, 0) is 24.0 Å². The Hall–Kier alpha value is -4.19. The van der Waals surface area contributed by atoms with Gasteiger partial charge in [0.25, 0.3) is 0 Å². The number of nitrogens with two attached hydrogens (primary N) is 1. The SMILES string of the molecule is C[C@H](O/N=C(/C(=O)C[C@@H]1C(=O)N2C(C(=O)O)=C(C[N+]3(CCCCC(=O)c4ccc(O)c(O)c4)CCCC3)CS[C@H]12)c1nc(N)sc1Cl)C(=O)O. The lowest BCUT2D eigenvalue weighted by Gasteiger charge is -2.50. The van der Waals surface area contributed by atoms with Crippen LogP contribution < -0.4 is 5.73 Å². The fraction of sp³-hybridized carbons (Fsp3) is 0.469. The number of likely N-dealkylation sites (tertiary alicyclic amines) is 1. The number of nitrogens with zero attached hydrogens (tertiary/aromatic N) is 4. The molecule has 0 saturated carbocycles. The molecular formula is C32H37ClN5O10S2+. The van der Waals surface area contributed by atoms with Crippen molar-refractivity contribution in [1.82, 2.24) is 9.88 Å². The van der Waals surface area contributed by atoms with Gasteiger partial charge in [0.1, 0.15) is 22.3 Å². The van der Waals surface area contributed by atoms with E-state index < -0.39 is 41.0 Å². The predicted octanol–water partition coefficient (Wildman–Crippen LogP) is 3.48. The first-order valence-electron chi connectivity index (χ1n) is 15.9. The number of carbonyl (C=O) groups is 5. The van der Waals surface area contributed by atoms with Gasteiger partial charge in [-0.05, 0) is 38.0 Å². The molecule has 6 N–H and O–H groups in total. The monoisotopic (exact) mass is 750 g/mol. The van der Waals surface area contributed by atoms with Crippen LogP contribution in [0.3, 0.4) is 0 Å². The third-order valence-electron chi connectivity index (χ3n) is 9.13. The molecule has 1 aromatic carbocycles. The van der Waals surface area contributed by atoms with Crippen molar-refractivity contribution in [1.29, 1.82) is 0 Å². The summed E-state index contributed by atoms with van der Waals surface area (Å²) in [6, 6.07) is 3.99. The normalized spacial score (nSPS) is 20.6. The van der Waals surface area contributed by atoms with Crippen LogP contribution in [-0.4, -0.2) is 113 Å². The zero-order valence-electron chi connectivity index (χ0n) is 27.0. The number of aromatic hydroxyl groups is 2. The highest BCUT2D eigenvalue weighted by Gasteiger charge is 2.55. The number of phenols is 2. The molecule has 3 aliphatic rings. The summed E-state index contributed by atoms with van der Waals surface area (Å²) in [5.41, 5.74) is 6.13. The summed E-state index contributed by atoms with van der Waals surface area (Å²) in [7, 11) is 0. The summed E-state index contributed by atoms with van der Waals surface area (Å²) in [4.78, 5) is 73.8. The zero-order chi connectivity index (χ0) is 36.3. The topological polar surface area (TPSA) is 230 Å². The number of unbranched alkanes of at least 4 members (excludes halogenated alkanes) is 1. The summed E-state index contributed by atoms with van der Waals surface area (Å²) in [5, 5.41) is 41.9. The second kappa shape index (κ2) is 15.4. The number of benzene rings is 1. The molecule has 5 rings (SSSR count). The van der Waals surface area contributed by atoms with Gasteiger partial charge in [-0.1, -0.05) is 28.1 Å². The summed E-state index contributed by atoms with van der Waals surface area (Å²) in [5.74, 6) is -5.10.